The Morgan fingerprint density at radius 3 is 2.92 bits per heavy atom. The molecule has 68 valence electrons. The molecular weight excluding hydrogens is 186 g/mol. The molecule has 0 aliphatic carbocycles. The maximum Gasteiger partial charge on any atom is 0.0833 e. The number of nitrogens with one attached hydrogen (secondary N) is 1. The summed E-state index contributed by atoms with van der Waals surface area (Å²) in [6.45, 7) is 2.01. The largest absolute Gasteiger partial charge is 0.390 e. The lowest BCUT2D eigenvalue weighted by atomic mass is 10.1. The second-order valence-corrected chi connectivity index (χ2v) is 3.51. The van der Waals surface area contributed by atoms with Gasteiger partial charge in [-0.2, -0.15) is 0 Å². The lowest BCUT2D eigenvalue weighted by molar-refractivity contribution is 0.277. The number of H-pyrrole nitrogens is 1. The first-order valence-electron chi connectivity index (χ1n) is 4.10. The highest BCUT2D eigenvalue weighted by Gasteiger charge is 2.05. The van der Waals surface area contributed by atoms with Crippen molar-refractivity contribution >= 4 is 22.5 Å². The van der Waals surface area contributed by atoms with E-state index >= 15 is 0 Å². The van der Waals surface area contributed by atoms with Crippen LogP contribution in [-0.4, -0.2) is 10.1 Å². The molecule has 1 aromatic carbocycles. The molecule has 0 radical (unpaired) electrons. The molecule has 0 aliphatic rings. The van der Waals surface area contributed by atoms with E-state index in [9.17, 15) is 0 Å². The fraction of sp³-hybridized carbons (Fsp3) is 0.200. The first-order valence-corrected chi connectivity index (χ1v) is 4.47. The third-order valence-electron chi connectivity index (χ3n) is 2.28. The predicted molar refractivity (Wildman–Crippen MR) is 54.0 cm³/mol. The zero-order valence-corrected chi connectivity index (χ0v) is 8.02. The van der Waals surface area contributed by atoms with Crippen molar-refractivity contribution in [3.63, 3.8) is 0 Å². The molecule has 2 rings (SSSR count). The minimum absolute atomic E-state index is 0.0398. The highest BCUT2D eigenvalue weighted by Crippen LogP contribution is 2.24. The fourth-order valence-corrected chi connectivity index (χ4v) is 1.68. The second-order valence-electron chi connectivity index (χ2n) is 3.08. The molecule has 2 aromatic rings. The summed E-state index contributed by atoms with van der Waals surface area (Å²) in [5.74, 6) is 0. The number of halogens is 1. The van der Waals surface area contributed by atoms with Gasteiger partial charge in [0, 0.05) is 21.6 Å². The normalized spacial score (nSPS) is 11.0. The Morgan fingerprint density at radius 1 is 1.46 bits per heavy atom. The summed E-state index contributed by atoms with van der Waals surface area (Å²) in [7, 11) is 0. The number of hydrogen-bond donors (Lipinski definition) is 2. The van der Waals surface area contributed by atoms with Gasteiger partial charge in [0.25, 0.3) is 0 Å². The van der Waals surface area contributed by atoms with Gasteiger partial charge < -0.3 is 10.1 Å². The van der Waals surface area contributed by atoms with Crippen molar-refractivity contribution in [3.8, 4) is 0 Å². The van der Waals surface area contributed by atoms with Gasteiger partial charge in [0.15, 0.2) is 0 Å². The minimum atomic E-state index is 0.0398. The average Bonchev–Trinajstić information content (AvgIpc) is 2.44. The van der Waals surface area contributed by atoms with E-state index in [1.165, 1.54) is 0 Å². The number of aliphatic hydroxyl groups is 1. The minimum Gasteiger partial charge on any atom is -0.390 e. The summed E-state index contributed by atoms with van der Waals surface area (Å²) < 4.78 is 0. The number of aromatic nitrogens is 1. The molecule has 0 unspecified atom stereocenters. The third-order valence-corrected chi connectivity index (χ3v) is 2.52. The highest BCUT2D eigenvalue weighted by molar-refractivity contribution is 6.31. The zero-order valence-electron chi connectivity index (χ0n) is 7.26. The Bertz CT molecular complexity index is 447. The molecule has 0 saturated heterocycles. The Balaban J connectivity index is 2.77. The van der Waals surface area contributed by atoms with Crippen LogP contribution in [0.1, 0.15) is 11.3 Å². The summed E-state index contributed by atoms with van der Waals surface area (Å²) in [4.78, 5) is 3.13. The van der Waals surface area contributed by atoms with E-state index in [4.69, 9.17) is 16.7 Å². The van der Waals surface area contributed by atoms with Crippen LogP contribution in [0, 0.1) is 6.92 Å². The van der Waals surface area contributed by atoms with Crippen LogP contribution in [0.2, 0.25) is 5.02 Å². The van der Waals surface area contributed by atoms with Crippen LogP contribution in [0.15, 0.2) is 18.2 Å². The average molecular weight is 196 g/mol. The topological polar surface area (TPSA) is 36.0 Å². The molecule has 0 bridgehead atoms. The molecule has 13 heavy (non-hydrogen) atoms. The lowest BCUT2D eigenvalue weighted by Gasteiger charge is -1.92. The second kappa shape index (κ2) is 3.05. The van der Waals surface area contributed by atoms with Gasteiger partial charge in [-0.1, -0.05) is 11.6 Å². The Hall–Kier alpha value is -0.990. The Kier molecular flexibility index (Phi) is 2.02. The maximum absolute atomic E-state index is 9.02. The van der Waals surface area contributed by atoms with Gasteiger partial charge in [-0.15, -0.1) is 0 Å². The van der Waals surface area contributed by atoms with Crippen LogP contribution in [0.3, 0.4) is 0 Å². The van der Waals surface area contributed by atoms with E-state index in [0.717, 1.165) is 27.2 Å². The molecule has 2 N–H and O–H groups in total. The van der Waals surface area contributed by atoms with Crippen molar-refractivity contribution < 1.29 is 5.11 Å². The summed E-state index contributed by atoms with van der Waals surface area (Å²) >= 11 is 5.87. The van der Waals surface area contributed by atoms with Gasteiger partial charge in [0.1, 0.15) is 0 Å². The number of rotatable bonds is 1. The van der Waals surface area contributed by atoms with E-state index in [1.54, 1.807) is 0 Å². The van der Waals surface area contributed by atoms with Crippen molar-refractivity contribution in [1.82, 2.24) is 4.98 Å². The molecule has 3 heteroatoms. The monoisotopic (exact) mass is 195 g/mol. The van der Waals surface area contributed by atoms with Crippen molar-refractivity contribution in [2.24, 2.45) is 0 Å². The lowest BCUT2D eigenvalue weighted by Crippen LogP contribution is -1.83. The molecule has 0 fully saturated rings. The number of aryl methyl sites for hydroxylation is 1. The summed E-state index contributed by atoms with van der Waals surface area (Å²) in [6, 6.07) is 5.66. The highest BCUT2D eigenvalue weighted by atomic mass is 35.5. The fourth-order valence-electron chi connectivity index (χ4n) is 1.51. The number of benzene rings is 1. The molecule has 0 amide bonds. The maximum atomic E-state index is 9.02. The number of aromatic amines is 1. The summed E-state index contributed by atoms with van der Waals surface area (Å²) in [5.41, 5.74) is 2.95. The SMILES string of the molecule is Cc1c(CO)[nH]c2ccc(Cl)cc12. The van der Waals surface area contributed by atoms with E-state index < -0.39 is 0 Å². The molecule has 0 saturated carbocycles. The van der Waals surface area contributed by atoms with Crippen LogP contribution in [0.4, 0.5) is 0 Å². The Morgan fingerprint density at radius 2 is 2.23 bits per heavy atom. The van der Waals surface area contributed by atoms with Gasteiger partial charge >= 0.3 is 0 Å². The summed E-state index contributed by atoms with van der Waals surface area (Å²) in [6.07, 6.45) is 0. The van der Waals surface area contributed by atoms with E-state index in [1.807, 2.05) is 25.1 Å². The van der Waals surface area contributed by atoms with Gasteiger partial charge in [-0.3, -0.25) is 0 Å². The van der Waals surface area contributed by atoms with E-state index in [-0.39, 0.29) is 6.61 Å². The number of aliphatic hydroxyl groups excluding tert-OH is 1. The smallest absolute Gasteiger partial charge is 0.0833 e. The quantitative estimate of drug-likeness (QED) is 0.721. The van der Waals surface area contributed by atoms with Crippen molar-refractivity contribution in [2.75, 3.05) is 0 Å². The van der Waals surface area contributed by atoms with Crippen LogP contribution < -0.4 is 0 Å². The van der Waals surface area contributed by atoms with Crippen LogP contribution in [0.25, 0.3) is 10.9 Å². The van der Waals surface area contributed by atoms with Crippen molar-refractivity contribution in [1.29, 1.82) is 0 Å². The molecule has 1 heterocycles. The zero-order chi connectivity index (χ0) is 9.42. The number of hydrogen-bond acceptors (Lipinski definition) is 1. The first-order chi connectivity index (χ1) is 6.22. The molecule has 2 nitrogen and oxygen atoms in total. The van der Waals surface area contributed by atoms with Gasteiger partial charge in [0.2, 0.25) is 0 Å². The molecule has 1 aromatic heterocycles. The molecular formula is C10H10ClNO. The molecule has 0 aliphatic heterocycles. The number of fused-ring (bicyclic) bond motifs is 1. The van der Waals surface area contributed by atoms with Gasteiger partial charge in [-0.05, 0) is 30.7 Å². The van der Waals surface area contributed by atoms with E-state index in [2.05, 4.69) is 4.98 Å². The molecule has 0 atom stereocenters. The van der Waals surface area contributed by atoms with Crippen molar-refractivity contribution in [3.05, 3.63) is 34.5 Å². The van der Waals surface area contributed by atoms with Crippen LogP contribution in [0.5, 0.6) is 0 Å². The summed E-state index contributed by atoms with van der Waals surface area (Å²) in [5, 5.41) is 10.8. The molecule has 0 spiro atoms. The van der Waals surface area contributed by atoms with Crippen LogP contribution in [-0.2, 0) is 6.61 Å². The first kappa shape index (κ1) is 8.60. The van der Waals surface area contributed by atoms with Gasteiger partial charge in [0.05, 0.1) is 6.61 Å². The Labute approximate surface area is 81.1 Å². The van der Waals surface area contributed by atoms with Gasteiger partial charge in [-0.25, -0.2) is 0 Å². The van der Waals surface area contributed by atoms with E-state index in [0.29, 0.717) is 0 Å². The predicted octanol–water partition coefficient (Wildman–Crippen LogP) is 2.62. The van der Waals surface area contributed by atoms with Crippen molar-refractivity contribution in [2.45, 2.75) is 13.5 Å². The van der Waals surface area contributed by atoms with Crippen LogP contribution >= 0.6 is 11.6 Å². The standard InChI is InChI=1S/C10H10ClNO/c1-6-8-4-7(11)2-3-9(8)12-10(6)5-13/h2-4,12-13H,5H2,1H3. The third kappa shape index (κ3) is 1.32.